The molecule has 0 fully saturated rings. The van der Waals surface area contributed by atoms with Crippen LogP contribution in [0.15, 0.2) is 52.4 Å². The second kappa shape index (κ2) is 9.17. The summed E-state index contributed by atoms with van der Waals surface area (Å²) in [6.07, 6.45) is 3.19. The molecule has 0 N–H and O–H groups in total. The van der Waals surface area contributed by atoms with E-state index in [0.717, 1.165) is 12.0 Å². The van der Waals surface area contributed by atoms with Gasteiger partial charge in [0.15, 0.2) is 11.5 Å². The van der Waals surface area contributed by atoms with Crippen LogP contribution < -0.4 is 15.0 Å². The van der Waals surface area contributed by atoms with Crippen LogP contribution in [0.25, 0.3) is 10.9 Å². The van der Waals surface area contributed by atoms with Gasteiger partial charge in [-0.3, -0.25) is 4.79 Å². The van der Waals surface area contributed by atoms with E-state index in [-0.39, 0.29) is 5.56 Å². The molecule has 0 saturated heterocycles. The predicted molar refractivity (Wildman–Crippen MR) is 112 cm³/mol. The van der Waals surface area contributed by atoms with E-state index < -0.39 is 0 Å². The minimum absolute atomic E-state index is 0.165. The predicted octanol–water partition coefficient (Wildman–Crippen LogP) is 4.03. The quantitative estimate of drug-likeness (QED) is 0.554. The fraction of sp³-hybridized carbons (Fsp3) is 0.318. The average Bonchev–Trinajstić information content (AvgIpc) is 2.70. The fourth-order valence-electron chi connectivity index (χ4n) is 2.95. The largest absolute Gasteiger partial charge is 0.490 e. The standard InChI is InChI=1S/C22H25N3O3/c1-4-9-21-24-18-11-8-7-10-17(18)22(26)25(21)23-15-16-12-13-19(27-5-2)20(14-16)28-6-3/h7-8,10-15H,4-6,9H2,1-3H3. The Bertz CT molecular complexity index is 1040. The lowest BCUT2D eigenvalue weighted by Crippen LogP contribution is -2.22. The Balaban J connectivity index is 2.03. The van der Waals surface area contributed by atoms with E-state index in [0.29, 0.717) is 47.9 Å². The summed E-state index contributed by atoms with van der Waals surface area (Å²) < 4.78 is 12.6. The topological polar surface area (TPSA) is 65.7 Å². The molecular formula is C22H25N3O3. The average molecular weight is 379 g/mol. The molecule has 0 aliphatic rings. The first-order valence-electron chi connectivity index (χ1n) is 9.62. The SMILES string of the molecule is CCCc1nc2ccccc2c(=O)n1N=Cc1ccc(OCC)c(OCC)c1. The van der Waals surface area contributed by atoms with Crippen molar-refractivity contribution < 1.29 is 9.47 Å². The number of rotatable bonds is 8. The molecule has 0 saturated carbocycles. The van der Waals surface area contributed by atoms with Crippen molar-refractivity contribution in [3.05, 3.63) is 64.2 Å². The van der Waals surface area contributed by atoms with Gasteiger partial charge in [-0.1, -0.05) is 19.1 Å². The molecule has 0 bridgehead atoms. The van der Waals surface area contributed by atoms with Gasteiger partial charge in [-0.2, -0.15) is 9.78 Å². The zero-order chi connectivity index (χ0) is 19.9. The van der Waals surface area contributed by atoms with Crippen LogP contribution in [0.4, 0.5) is 0 Å². The second-order valence-electron chi connectivity index (χ2n) is 6.23. The van der Waals surface area contributed by atoms with Gasteiger partial charge in [-0.15, -0.1) is 0 Å². The lowest BCUT2D eigenvalue weighted by molar-refractivity contribution is 0.288. The summed E-state index contributed by atoms with van der Waals surface area (Å²) >= 11 is 0. The van der Waals surface area contributed by atoms with Gasteiger partial charge < -0.3 is 9.47 Å². The van der Waals surface area contributed by atoms with Crippen molar-refractivity contribution in [1.29, 1.82) is 0 Å². The highest BCUT2D eigenvalue weighted by molar-refractivity contribution is 5.81. The van der Waals surface area contributed by atoms with Crippen LogP contribution in [0.2, 0.25) is 0 Å². The Morgan fingerprint density at radius 1 is 1.04 bits per heavy atom. The number of aryl methyl sites for hydroxylation is 1. The van der Waals surface area contributed by atoms with Gasteiger partial charge in [-0.25, -0.2) is 4.98 Å². The summed E-state index contributed by atoms with van der Waals surface area (Å²) in [6.45, 7) is 7.00. The van der Waals surface area contributed by atoms with Crippen LogP contribution in [0.3, 0.4) is 0 Å². The molecule has 0 amide bonds. The summed E-state index contributed by atoms with van der Waals surface area (Å²) in [5, 5.41) is 5.00. The molecule has 3 aromatic rings. The zero-order valence-electron chi connectivity index (χ0n) is 16.5. The van der Waals surface area contributed by atoms with Gasteiger partial charge in [0.2, 0.25) is 0 Å². The third kappa shape index (κ3) is 4.22. The van der Waals surface area contributed by atoms with Crippen LogP contribution >= 0.6 is 0 Å². The van der Waals surface area contributed by atoms with E-state index in [4.69, 9.17) is 9.47 Å². The number of nitrogens with zero attached hydrogens (tertiary/aromatic N) is 3. The van der Waals surface area contributed by atoms with Crippen LogP contribution in [0, 0.1) is 0 Å². The number of hydrogen-bond acceptors (Lipinski definition) is 5. The van der Waals surface area contributed by atoms with E-state index >= 15 is 0 Å². The maximum absolute atomic E-state index is 12.9. The van der Waals surface area contributed by atoms with Gasteiger partial charge in [0.1, 0.15) is 5.82 Å². The number of ether oxygens (including phenoxy) is 2. The van der Waals surface area contributed by atoms with E-state index in [2.05, 4.69) is 17.0 Å². The maximum atomic E-state index is 12.9. The third-order valence-electron chi connectivity index (χ3n) is 4.18. The molecule has 0 atom stereocenters. The monoisotopic (exact) mass is 379 g/mol. The van der Waals surface area contributed by atoms with Gasteiger partial charge >= 0.3 is 0 Å². The molecule has 6 heteroatoms. The van der Waals surface area contributed by atoms with E-state index in [1.807, 2.05) is 50.2 Å². The molecular weight excluding hydrogens is 354 g/mol. The normalized spacial score (nSPS) is 11.2. The molecule has 28 heavy (non-hydrogen) atoms. The number of fused-ring (bicyclic) bond motifs is 1. The summed E-state index contributed by atoms with van der Waals surface area (Å²) in [4.78, 5) is 17.5. The lowest BCUT2D eigenvalue weighted by Gasteiger charge is -2.11. The molecule has 1 heterocycles. The van der Waals surface area contributed by atoms with Crippen molar-refractivity contribution in [2.24, 2.45) is 5.10 Å². The summed E-state index contributed by atoms with van der Waals surface area (Å²) in [5.41, 5.74) is 1.35. The Morgan fingerprint density at radius 2 is 1.79 bits per heavy atom. The van der Waals surface area contributed by atoms with Gasteiger partial charge in [0.25, 0.3) is 5.56 Å². The third-order valence-corrected chi connectivity index (χ3v) is 4.18. The van der Waals surface area contributed by atoms with Crippen molar-refractivity contribution in [2.45, 2.75) is 33.6 Å². The molecule has 0 unspecified atom stereocenters. The van der Waals surface area contributed by atoms with E-state index in [1.165, 1.54) is 4.68 Å². The lowest BCUT2D eigenvalue weighted by atomic mass is 10.2. The minimum atomic E-state index is -0.165. The van der Waals surface area contributed by atoms with Crippen molar-refractivity contribution in [3.8, 4) is 11.5 Å². The summed E-state index contributed by atoms with van der Waals surface area (Å²) in [7, 11) is 0. The molecule has 0 aliphatic heterocycles. The molecule has 0 radical (unpaired) electrons. The highest BCUT2D eigenvalue weighted by atomic mass is 16.5. The first-order valence-corrected chi connectivity index (χ1v) is 9.62. The van der Waals surface area contributed by atoms with Crippen molar-refractivity contribution in [3.63, 3.8) is 0 Å². The molecule has 1 aromatic heterocycles. The number of aromatic nitrogens is 2. The molecule has 6 nitrogen and oxygen atoms in total. The smallest absolute Gasteiger partial charge is 0.282 e. The van der Waals surface area contributed by atoms with Crippen LogP contribution in [0.1, 0.15) is 38.6 Å². The maximum Gasteiger partial charge on any atom is 0.282 e. The fourth-order valence-corrected chi connectivity index (χ4v) is 2.95. The zero-order valence-corrected chi connectivity index (χ0v) is 16.5. The van der Waals surface area contributed by atoms with E-state index in [1.54, 1.807) is 12.3 Å². The van der Waals surface area contributed by atoms with Crippen molar-refractivity contribution in [2.75, 3.05) is 13.2 Å². The highest BCUT2D eigenvalue weighted by Crippen LogP contribution is 2.28. The van der Waals surface area contributed by atoms with Crippen molar-refractivity contribution in [1.82, 2.24) is 9.66 Å². The molecule has 0 spiro atoms. The molecule has 146 valence electrons. The number of benzene rings is 2. The Labute approximate surface area is 164 Å². The van der Waals surface area contributed by atoms with Crippen LogP contribution in [0.5, 0.6) is 11.5 Å². The summed E-state index contributed by atoms with van der Waals surface area (Å²) in [5.74, 6) is 2.00. The molecule has 2 aromatic carbocycles. The Morgan fingerprint density at radius 3 is 2.54 bits per heavy atom. The second-order valence-corrected chi connectivity index (χ2v) is 6.23. The summed E-state index contributed by atoms with van der Waals surface area (Å²) in [6, 6.07) is 12.9. The molecule has 0 aliphatic carbocycles. The number of para-hydroxylation sites is 1. The first kappa shape index (κ1) is 19.6. The van der Waals surface area contributed by atoms with Gasteiger partial charge in [0.05, 0.1) is 30.3 Å². The first-order chi connectivity index (χ1) is 13.7. The van der Waals surface area contributed by atoms with Gasteiger partial charge in [0, 0.05) is 6.42 Å². The van der Waals surface area contributed by atoms with E-state index in [9.17, 15) is 4.79 Å². The Kier molecular flexibility index (Phi) is 6.42. The minimum Gasteiger partial charge on any atom is -0.490 e. The molecule has 3 rings (SSSR count). The Hall–Kier alpha value is -3.15. The number of hydrogen-bond donors (Lipinski definition) is 0. The highest BCUT2D eigenvalue weighted by Gasteiger charge is 2.10. The van der Waals surface area contributed by atoms with Crippen LogP contribution in [-0.4, -0.2) is 29.1 Å². The van der Waals surface area contributed by atoms with Gasteiger partial charge in [-0.05, 0) is 56.2 Å². The van der Waals surface area contributed by atoms with Crippen molar-refractivity contribution >= 4 is 17.1 Å². The van der Waals surface area contributed by atoms with Crippen LogP contribution in [-0.2, 0) is 6.42 Å².